The summed E-state index contributed by atoms with van der Waals surface area (Å²) in [5.41, 5.74) is 0.583. The molecule has 2 atom stereocenters. The second-order valence-corrected chi connectivity index (χ2v) is 4.72. The molecule has 0 aliphatic heterocycles. The Kier molecular flexibility index (Phi) is 6.52. The smallest absolute Gasteiger partial charge is 0.328 e. The van der Waals surface area contributed by atoms with E-state index in [1.54, 1.807) is 31.4 Å². The number of ether oxygens (including phenoxy) is 2. The topological polar surface area (TPSA) is 76.7 Å². The number of rotatable bonds is 6. The minimum atomic E-state index is -0.675. The molecule has 0 saturated carbocycles. The third-order valence-electron chi connectivity index (χ3n) is 3.28. The van der Waals surface area contributed by atoms with Crippen molar-refractivity contribution in [1.82, 2.24) is 5.32 Å². The monoisotopic (exact) mass is 294 g/mol. The van der Waals surface area contributed by atoms with E-state index < -0.39 is 18.0 Å². The van der Waals surface area contributed by atoms with Crippen molar-refractivity contribution >= 4 is 17.7 Å². The van der Waals surface area contributed by atoms with Crippen molar-refractivity contribution in [1.29, 1.82) is 0 Å². The number of urea groups is 1. The van der Waals surface area contributed by atoms with E-state index in [1.165, 1.54) is 7.11 Å². The lowest BCUT2D eigenvalue weighted by atomic mass is 9.99. The minimum absolute atomic E-state index is 0.0199. The first kappa shape index (κ1) is 16.8. The highest BCUT2D eigenvalue weighted by Gasteiger charge is 2.26. The molecule has 6 heteroatoms. The first-order chi connectivity index (χ1) is 10.0. The molecule has 0 unspecified atom stereocenters. The third kappa shape index (κ3) is 4.98. The maximum atomic E-state index is 12.0. The average Bonchev–Trinajstić information content (AvgIpc) is 2.51. The van der Waals surface area contributed by atoms with Gasteiger partial charge in [-0.25, -0.2) is 9.59 Å². The highest BCUT2D eigenvalue weighted by Crippen LogP contribution is 2.17. The lowest BCUT2D eigenvalue weighted by molar-refractivity contribution is -0.144. The molecule has 2 amide bonds. The Balaban J connectivity index is 2.71. The van der Waals surface area contributed by atoms with Gasteiger partial charge in [-0.15, -0.1) is 0 Å². The number of nitrogens with one attached hydrogen (secondary N) is 2. The maximum Gasteiger partial charge on any atom is 0.328 e. The Hall–Kier alpha value is -2.24. The van der Waals surface area contributed by atoms with E-state index in [0.717, 1.165) is 6.42 Å². The second kappa shape index (κ2) is 8.14. The van der Waals surface area contributed by atoms with Gasteiger partial charge in [0.1, 0.15) is 11.8 Å². The van der Waals surface area contributed by atoms with E-state index in [2.05, 4.69) is 10.6 Å². The van der Waals surface area contributed by atoms with Gasteiger partial charge in [0.25, 0.3) is 0 Å². The van der Waals surface area contributed by atoms with Crippen LogP contribution in [0.3, 0.4) is 0 Å². The van der Waals surface area contributed by atoms with E-state index in [0.29, 0.717) is 11.4 Å². The molecule has 1 aromatic rings. The molecule has 2 N–H and O–H groups in total. The molecule has 0 fully saturated rings. The van der Waals surface area contributed by atoms with Crippen molar-refractivity contribution in [2.75, 3.05) is 19.5 Å². The summed E-state index contributed by atoms with van der Waals surface area (Å²) in [7, 11) is 2.86. The quantitative estimate of drug-likeness (QED) is 0.790. The lowest BCUT2D eigenvalue weighted by Gasteiger charge is -2.22. The van der Waals surface area contributed by atoms with Gasteiger partial charge in [-0.1, -0.05) is 26.3 Å². The predicted octanol–water partition coefficient (Wildman–Crippen LogP) is 2.40. The summed E-state index contributed by atoms with van der Waals surface area (Å²) in [6.07, 6.45) is 0.749. The number of carbonyl (C=O) groups is 2. The second-order valence-electron chi connectivity index (χ2n) is 4.72. The standard InChI is InChI=1S/C15H22N2O4/c1-5-10(2)13(14(18)21-4)17-15(19)16-11-7-6-8-12(9-11)20-3/h6-10,13H,5H2,1-4H3,(H2,16,17,19)/t10-,13+/m1/s1. The van der Waals surface area contributed by atoms with Crippen molar-refractivity contribution < 1.29 is 19.1 Å². The van der Waals surface area contributed by atoms with Crippen molar-refractivity contribution in [3.63, 3.8) is 0 Å². The molecule has 0 bridgehead atoms. The summed E-state index contributed by atoms with van der Waals surface area (Å²) < 4.78 is 9.80. The average molecular weight is 294 g/mol. The molecule has 6 nitrogen and oxygen atoms in total. The zero-order valence-corrected chi connectivity index (χ0v) is 12.8. The highest BCUT2D eigenvalue weighted by atomic mass is 16.5. The molecule has 1 aromatic carbocycles. The van der Waals surface area contributed by atoms with Crippen LogP contribution in [-0.4, -0.2) is 32.3 Å². The van der Waals surface area contributed by atoms with Gasteiger partial charge in [0.15, 0.2) is 0 Å². The van der Waals surface area contributed by atoms with Gasteiger partial charge in [-0.3, -0.25) is 0 Å². The van der Waals surface area contributed by atoms with Crippen LogP contribution in [-0.2, 0) is 9.53 Å². The van der Waals surface area contributed by atoms with Gasteiger partial charge in [0.05, 0.1) is 14.2 Å². The minimum Gasteiger partial charge on any atom is -0.497 e. The Morgan fingerprint density at radius 3 is 2.57 bits per heavy atom. The van der Waals surface area contributed by atoms with Gasteiger partial charge in [-0.05, 0) is 18.1 Å². The van der Waals surface area contributed by atoms with Gasteiger partial charge in [0, 0.05) is 11.8 Å². The first-order valence-corrected chi connectivity index (χ1v) is 6.81. The number of methoxy groups -OCH3 is 2. The van der Waals surface area contributed by atoms with Crippen molar-refractivity contribution in [2.45, 2.75) is 26.3 Å². The van der Waals surface area contributed by atoms with Crippen molar-refractivity contribution in [2.24, 2.45) is 5.92 Å². The van der Waals surface area contributed by atoms with Crippen LogP contribution >= 0.6 is 0 Å². The number of amides is 2. The van der Waals surface area contributed by atoms with E-state index in [-0.39, 0.29) is 5.92 Å². The van der Waals surface area contributed by atoms with Crippen LogP contribution in [0.1, 0.15) is 20.3 Å². The number of hydrogen-bond donors (Lipinski definition) is 2. The highest BCUT2D eigenvalue weighted by molar-refractivity contribution is 5.92. The summed E-state index contributed by atoms with van der Waals surface area (Å²) in [6.45, 7) is 3.83. The summed E-state index contributed by atoms with van der Waals surface area (Å²) >= 11 is 0. The fourth-order valence-electron chi connectivity index (χ4n) is 1.81. The molecular formula is C15H22N2O4. The van der Waals surface area contributed by atoms with Crippen LogP contribution in [0, 0.1) is 5.92 Å². The number of anilines is 1. The fraction of sp³-hybridized carbons (Fsp3) is 0.467. The molecule has 0 aliphatic rings. The Bertz CT molecular complexity index is 490. The van der Waals surface area contributed by atoms with Gasteiger partial charge >= 0.3 is 12.0 Å². The largest absolute Gasteiger partial charge is 0.497 e. The normalized spacial score (nSPS) is 13.0. The molecule has 21 heavy (non-hydrogen) atoms. The van der Waals surface area contributed by atoms with Crippen LogP contribution in [0.15, 0.2) is 24.3 Å². The Morgan fingerprint density at radius 1 is 1.29 bits per heavy atom. The Labute approximate surface area is 124 Å². The molecule has 116 valence electrons. The van der Waals surface area contributed by atoms with E-state index in [9.17, 15) is 9.59 Å². The van der Waals surface area contributed by atoms with Crippen molar-refractivity contribution in [3.8, 4) is 5.75 Å². The summed E-state index contributed by atoms with van der Waals surface area (Å²) in [5, 5.41) is 5.31. The van der Waals surface area contributed by atoms with Gasteiger partial charge in [-0.2, -0.15) is 0 Å². The molecule has 0 aliphatic carbocycles. The molecular weight excluding hydrogens is 272 g/mol. The van der Waals surface area contributed by atoms with Gasteiger partial charge < -0.3 is 20.1 Å². The van der Waals surface area contributed by atoms with Crippen LogP contribution in [0.2, 0.25) is 0 Å². The first-order valence-electron chi connectivity index (χ1n) is 6.81. The molecule has 0 aromatic heterocycles. The predicted molar refractivity (Wildman–Crippen MR) is 80.4 cm³/mol. The van der Waals surface area contributed by atoms with E-state index in [4.69, 9.17) is 9.47 Å². The summed E-state index contributed by atoms with van der Waals surface area (Å²) in [6, 6.07) is 5.83. The Morgan fingerprint density at radius 2 is 2.00 bits per heavy atom. The molecule has 0 saturated heterocycles. The molecule has 0 radical (unpaired) electrons. The molecule has 0 heterocycles. The number of esters is 1. The summed E-state index contributed by atoms with van der Waals surface area (Å²) in [5.74, 6) is 0.165. The van der Waals surface area contributed by atoms with Crippen LogP contribution < -0.4 is 15.4 Å². The zero-order valence-electron chi connectivity index (χ0n) is 12.8. The van der Waals surface area contributed by atoms with Crippen LogP contribution in [0.25, 0.3) is 0 Å². The van der Waals surface area contributed by atoms with Crippen molar-refractivity contribution in [3.05, 3.63) is 24.3 Å². The van der Waals surface area contributed by atoms with Crippen LogP contribution in [0.4, 0.5) is 10.5 Å². The number of carbonyl (C=O) groups excluding carboxylic acids is 2. The van der Waals surface area contributed by atoms with E-state index >= 15 is 0 Å². The number of benzene rings is 1. The lowest BCUT2D eigenvalue weighted by Crippen LogP contribution is -2.47. The van der Waals surface area contributed by atoms with Gasteiger partial charge in [0.2, 0.25) is 0 Å². The SMILES string of the molecule is CC[C@@H](C)[C@H](NC(=O)Nc1cccc(OC)c1)C(=O)OC. The third-order valence-corrected chi connectivity index (χ3v) is 3.28. The maximum absolute atomic E-state index is 12.0. The summed E-state index contributed by atoms with van der Waals surface area (Å²) in [4.78, 5) is 23.7. The fourth-order valence-corrected chi connectivity index (χ4v) is 1.81. The number of hydrogen-bond acceptors (Lipinski definition) is 4. The zero-order chi connectivity index (χ0) is 15.8. The van der Waals surface area contributed by atoms with Crippen LogP contribution in [0.5, 0.6) is 5.75 Å². The molecule has 0 spiro atoms. The molecule has 1 rings (SSSR count). The van der Waals surface area contributed by atoms with E-state index in [1.807, 2.05) is 13.8 Å².